The third-order valence-corrected chi connectivity index (χ3v) is 0. The van der Waals surface area contributed by atoms with Crippen LogP contribution in [0.25, 0.3) is 0 Å². The summed E-state index contributed by atoms with van der Waals surface area (Å²) in [5, 5.41) is 21.5. The summed E-state index contributed by atoms with van der Waals surface area (Å²) in [7, 11) is -2.17. The number of hydrogen-bond acceptors (Lipinski definition) is 3. The molecule has 0 saturated carbocycles. The summed E-state index contributed by atoms with van der Waals surface area (Å²) in [5.74, 6) is 0. The number of hydrogen-bond donors (Lipinski definition) is 3. The van der Waals surface area contributed by atoms with Crippen molar-refractivity contribution in [3.05, 3.63) is 0 Å². The first kappa shape index (κ1) is 15.6. The fraction of sp³-hybridized carbons (Fsp3) is 0. The fourth-order valence-corrected chi connectivity index (χ4v) is 0. The molecule has 0 aliphatic heterocycles. The molecule has 6 heteroatoms. The van der Waals surface area contributed by atoms with E-state index in [1.807, 2.05) is 0 Å². The summed E-state index contributed by atoms with van der Waals surface area (Å²) in [5.41, 5.74) is 0. The van der Waals surface area contributed by atoms with Crippen molar-refractivity contribution in [3.8, 4) is 0 Å². The second kappa shape index (κ2) is 9.87. The molecule has 0 atom stereocenters. The molecule has 0 aliphatic carbocycles. The third kappa shape index (κ3) is 43.0. The Labute approximate surface area is 76.3 Å². The van der Waals surface area contributed by atoms with E-state index < -0.39 is 7.32 Å². The fourth-order valence-electron chi connectivity index (χ4n) is 0. The van der Waals surface area contributed by atoms with Gasteiger partial charge in [-0.3, -0.25) is 0 Å². The molecule has 0 radical (unpaired) electrons. The molecule has 0 spiro atoms. The van der Waals surface area contributed by atoms with Crippen LogP contribution in [-0.4, -0.2) is 39.8 Å². The van der Waals surface area contributed by atoms with Gasteiger partial charge in [0.1, 0.15) is 0 Å². The molecule has 42 valence electrons. The van der Waals surface area contributed by atoms with Crippen molar-refractivity contribution in [1.82, 2.24) is 0 Å². The van der Waals surface area contributed by atoms with Crippen LogP contribution >= 0.6 is 0 Å². The second-order valence-electron chi connectivity index (χ2n) is 0.346. The summed E-state index contributed by atoms with van der Waals surface area (Å²) in [6.45, 7) is 0. The summed E-state index contributed by atoms with van der Waals surface area (Å²) >= 11 is 0. The molecule has 0 saturated heterocycles. The largest absolute Gasteiger partial charge is 0.631 e. The normalized spacial score (nSPS) is 4.50. The molecule has 0 aromatic heterocycles. The quantitative estimate of drug-likeness (QED) is 0.401. The molecule has 0 bridgehead atoms. The molecule has 6 heavy (non-hydrogen) atoms. The Balaban J connectivity index is -0.0000000450. The van der Waals surface area contributed by atoms with Gasteiger partial charge in [0.05, 0.1) is 0 Å². The van der Waals surface area contributed by atoms with Gasteiger partial charge in [-0.25, -0.2) is 0 Å². The predicted octanol–water partition coefficient (Wildman–Crippen LogP) is -3.24. The predicted molar refractivity (Wildman–Crippen MR) is 22.3 cm³/mol. The van der Waals surface area contributed by atoms with Crippen LogP contribution in [0.15, 0.2) is 0 Å². The van der Waals surface area contributed by atoms with Crippen LogP contribution in [0.3, 0.4) is 0 Å². The van der Waals surface area contributed by atoms with Crippen molar-refractivity contribution in [2.75, 3.05) is 0 Å². The monoisotopic (exact) mass is 258 g/mol. The molecule has 0 aliphatic rings. The van der Waals surface area contributed by atoms with Crippen molar-refractivity contribution in [2.24, 2.45) is 0 Å². The molecule has 0 heterocycles. The average Bonchev–Trinajstić information content (AvgIpc) is 0.811. The maximum atomic E-state index is 7.17. The standard InChI is InChI=1S/Al.BH3O3.Er.3H/c;2-1(3)4;;;;/h;2-4H;;;;. The maximum absolute atomic E-state index is 7.17. The van der Waals surface area contributed by atoms with Crippen LogP contribution in [0.5, 0.6) is 0 Å². The zero-order valence-electron chi connectivity index (χ0n) is 2.21. The van der Waals surface area contributed by atoms with Gasteiger partial charge in [0.15, 0.2) is 17.4 Å². The van der Waals surface area contributed by atoms with E-state index in [-0.39, 0.29) is 54.7 Å². The van der Waals surface area contributed by atoms with E-state index in [1.54, 1.807) is 0 Å². The van der Waals surface area contributed by atoms with Crippen LogP contribution in [0.1, 0.15) is 0 Å². The molecule has 0 aromatic rings. The Hall–Kier alpha value is 1.72. The minimum Gasteiger partial charge on any atom is -0.402 e. The second-order valence-corrected chi connectivity index (χ2v) is 0.346. The van der Waals surface area contributed by atoms with E-state index in [0.29, 0.717) is 0 Å². The third-order valence-electron chi connectivity index (χ3n) is 0. The molecule has 3 nitrogen and oxygen atoms in total. The van der Waals surface area contributed by atoms with E-state index in [9.17, 15) is 0 Å². The first-order chi connectivity index (χ1) is 1.73. The minimum absolute atomic E-state index is 0. The van der Waals surface area contributed by atoms with Crippen molar-refractivity contribution in [2.45, 2.75) is 0 Å². The maximum Gasteiger partial charge on any atom is 0.631 e. The first-order valence-electron chi connectivity index (χ1n) is 0.775. The van der Waals surface area contributed by atoms with Gasteiger partial charge in [-0.15, -0.1) is 0 Å². The molecule has 3 N–H and O–H groups in total. The van der Waals surface area contributed by atoms with Gasteiger partial charge < -0.3 is 15.1 Å². The van der Waals surface area contributed by atoms with Gasteiger partial charge in [0.25, 0.3) is 0 Å². The Morgan fingerprint density at radius 2 is 1.00 bits per heavy atom. The molecule has 0 rings (SSSR count). The molecule has 0 unspecified atom stereocenters. The smallest absolute Gasteiger partial charge is 0.402 e. The van der Waals surface area contributed by atoms with Crippen molar-refractivity contribution in [1.29, 1.82) is 0 Å². The molecule has 0 fully saturated rings. The first-order valence-corrected chi connectivity index (χ1v) is 0.775. The van der Waals surface area contributed by atoms with E-state index in [1.165, 1.54) is 0 Å². The van der Waals surface area contributed by atoms with E-state index in [2.05, 4.69) is 0 Å². The topological polar surface area (TPSA) is 60.7 Å². The van der Waals surface area contributed by atoms with E-state index in [0.717, 1.165) is 0 Å². The van der Waals surface area contributed by atoms with Gasteiger partial charge >= 0.3 is 7.32 Å². The molecular weight excluding hydrogens is 253 g/mol. The van der Waals surface area contributed by atoms with E-state index >= 15 is 0 Å². The zero-order chi connectivity index (χ0) is 3.58. The summed E-state index contributed by atoms with van der Waals surface area (Å²) in [6, 6.07) is 0. The average molecular weight is 259 g/mol. The zero-order valence-corrected chi connectivity index (χ0v) is 4.06. The van der Waals surface area contributed by atoms with Gasteiger partial charge in [-0.1, -0.05) is 0 Å². The van der Waals surface area contributed by atoms with Gasteiger partial charge in [-0.2, -0.15) is 0 Å². The summed E-state index contributed by atoms with van der Waals surface area (Å²) in [6.07, 6.45) is 0. The minimum atomic E-state index is -2.17. The van der Waals surface area contributed by atoms with Crippen molar-refractivity contribution < 1.29 is 52.4 Å². The Bertz CT molecular complexity index is 15.5. The van der Waals surface area contributed by atoms with Crippen LogP contribution in [0, 0.1) is 37.3 Å². The van der Waals surface area contributed by atoms with Crippen LogP contribution in [0.4, 0.5) is 0 Å². The molecule has 0 aromatic carbocycles. The van der Waals surface area contributed by atoms with Crippen molar-refractivity contribution >= 4 is 24.7 Å². The Kier molecular flexibility index (Phi) is 25.7. The van der Waals surface area contributed by atoms with Crippen molar-refractivity contribution in [3.63, 3.8) is 0 Å². The molecule has 0 amide bonds. The Morgan fingerprint density at radius 3 is 1.00 bits per heavy atom. The van der Waals surface area contributed by atoms with Crippen LogP contribution in [-0.2, 0) is 0 Å². The van der Waals surface area contributed by atoms with Crippen LogP contribution in [0.2, 0.25) is 0 Å². The van der Waals surface area contributed by atoms with E-state index in [4.69, 9.17) is 15.1 Å². The molecular formula is H6AlBErO3. The van der Waals surface area contributed by atoms with Gasteiger partial charge in [0, 0.05) is 37.3 Å². The Morgan fingerprint density at radius 1 is 1.00 bits per heavy atom. The van der Waals surface area contributed by atoms with Gasteiger partial charge in [-0.05, 0) is 0 Å². The summed E-state index contributed by atoms with van der Waals surface area (Å²) in [4.78, 5) is 0. The SMILES string of the molecule is OB(O)O.[AlH3].[Er]. The summed E-state index contributed by atoms with van der Waals surface area (Å²) < 4.78 is 0. The van der Waals surface area contributed by atoms with Crippen LogP contribution < -0.4 is 0 Å². The number of rotatable bonds is 0. The van der Waals surface area contributed by atoms with Gasteiger partial charge in [0.2, 0.25) is 0 Å².